The van der Waals surface area contributed by atoms with Crippen LogP contribution in [0.15, 0.2) is 58.5 Å². The van der Waals surface area contributed by atoms with E-state index in [1.165, 1.54) is 45.8 Å². The van der Waals surface area contributed by atoms with Crippen LogP contribution in [-0.2, 0) is 32.0 Å². The molecule has 0 atom stereocenters. The SMILES string of the molecule is COc1ccc2sc(N(Cc3ccccn3)C(=O)Cn3cnc4c3c(=O)n(C)c(=O)n4C)nc2c1. The van der Waals surface area contributed by atoms with Crippen LogP contribution in [0.3, 0.4) is 0 Å². The number of aromatic nitrogens is 6. The van der Waals surface area contributed by atoms with Crippen LogP contribution in [0.25, 0.3) is 21.4 Å². The predicted octanol–water partition coefficient (Wildman–Crippen LogP) is 1.68. The molecule has 0 saturated carbocycles. The summed E-state index contributed by atoms with van der Waals surface area (Å²) >= 11 is 1.37. The van der Waals surface area contributed by atoms with E-state index < -0.39 is 11.2 Å². The quantitative estimate of drug-likeness (QED) is 0.355. The average Bonchev–Trinajstić information content (AvgIpc) is 3.49. The Kier molecular flexibility index (Phi) is 5.65. The van der Waals surface area contributed by atoms with Gasteiger partial charge in [0.2, 0.25) is 5.91 Å². The lowest BCUT2D eigenvalue weighted by atomic mass is 10.3. The molecule has 4 aromatic heterocycles. The van der Waals surface area contributed by atoms with E-state index in [1.54, 1.807) is 19.4 Å². The van der Waals surface area contributed by atoms with Crippen LogP contribution in [0.4, 0.5) is 5.13 Å². The fourth-order valence-electron chi connectivity index (χ4n) is 3.80. The normalized spacial score (nSPS) is 11.3. The van der Waals surface area contributed by atoms with Crippen LogP contribution in [0.1, 0.15) is 5.69 Å². The topological polar surface area (TPSA) is 117 Å². The number of pyridine rings is 1. The van der Waals surface area contributed by atoms with Gasteiger partial charge in [-0.1, -0.05) is 17.4 Å². The van der Waals surface area contributed by atoms with Crippen molar-refractivity contribution in [3.05, 3.63) is 75.5 Å². The summed E-state index contributed by atoms with van der Waals surface area (Å²) in [5, 5.41) is 0.494. The van der Waals surface area contributed by atoms with Crippen molar-refractivity contribution in [3.8, 4) is 5.75 Å². The Balaban J connectivity index is 1.56. The van der Waals surface area contributed by atoms with Crippen molar-refractivity contribution in [2.45, 2.75) is 13.1 Å². The minimum absolute atomic E-state index is 0.171. The largest absolute Gasteiger partial charge is 0.497 e. The van der Waals surface area contributed by atoms with Gasteiger partial charge in [0.05, 0.1) is 35.9 Å². The van der Waals surface area contributed by atoms with Gasteiger partial charge in [0, 0.05) is 26.4 Å². The molecular weight excluding hydrogens is 470 g/mol. The second-order valence-electron chi connectivity index (χ2n) is 7.88. The summed E-state index contributed by atoms with van der Waals surface area (Å²) in [7, 11) is 4.51. The molecule has 0 unspecified atom stereocenters. The number of fused-ring (bicyclic) bond motifs is 2. The minimum atomic E-state index is -0.517. The summed E-state index contributed by atoms with van der Waals surface area (Å²) in [5.74, 6) is 0.361. The number of anilines is 1. The molecule has 4 heterocycles. The zero-order valence-electron chi connectivity index (χ0n) is 19.2. The van der Waals surface area contributed by atoms with E-state index in [2.05, 4.69) is 15.0 Å². The van der Waals surface area contributed by atoms with Crippen LogP contribution in [0.2, 0.25) is 0 Å². The summed E-state index contributed by atoms with van der Waals surface area (Å²) in [6.07, 6.45) is 3.06. The van der Waals surface area contributed by atoms with Crippen molar-refractivity contribution in [2.75, 3.05) is 12.0 Å². The van der Waals surface area contributed by atoms with Gasteiger partial charge in [-0.2, -0.15) is 0 Å². The number of rotatable bonds is 6. The molecular formula is C23H21N7O4S. The number of benzene rings is 1. The lowest BCUT2D eigenvalue weighted by molar-refractivity contribution is -0.119. The summed E-state index contributed by atoms with van der Waals surface area (Å²) < 4.78 is 9.93. The zero-order chi connectivity index (χ0) is 24.7. The van der Waals surface area contributed by atoms with Gasteiger partial charge in [0.25, 0.3) is 5.56 Å². The summed E-state index contributed by atoms with van der Waals surface area (Å²) in [4.78, 5) is 53.4. The molecule has 1 amide bonds. The first-order valence-corrected chi connectivity index (χ1v) is 11.4. The maximum Gasteiger partial charge on any atom is 0.332 e. The fourth-order valence-corrected chi connectivity index (χ4v) is 4.76. The van der Waals surface area contributed by atoms with Gasteiger partial charge in [0.15, 0.2) is 16.3 Å². The first kappa shape index (κ1) is 22.5. The molecule has 0 N–H and O–H groups in total. The van der Waals surface area contributed by atoms with E-state index in [1.807, 2.05) is 30.3 Å². The molecule has 0 saturated heterocycles. The molecule has 0 aliphatic heterocycles. The van der Waals surface area contributed by atoms with E-state index in [-0.39, 0.29) is 30.2 Å². The van der Waals surface area contributed by atoms with E-state index >= 15 is 0 Å². The first-order valence-electron chi connectivity index (χ1n) is 10.6. The Morgan fingerprint density at radius 1 is 1.11 bits per heavy atom. The molecule has 0 bridgehead atoms. The predicted molar refractivity (Wildman–Crippen MR) is 132 cm³/mol. The highest BCUT2D eigenvalue weighted by atomic mass is 32.1. The number of nitrogens with zero attached hydrogens (tertiary/aromatic N) is 7. The van der Waals surface area contributed by atoms with Gasteiger partial charge in [-0.25, -0.2) is 14.8 Å². The molecule has 35 heavy (non-hydrogen) atoms. The number of amides is 1. The number of ether oxygens (including phenoxy) is 1. The molecule has 0 radical (unpaired) electrons. The molecule has 5 rings (SSSR count). The van der Waals surface area contributed by atoms with Crippen LogP contribution < -0.4 is 20.9 Å². The highest BCUT2D eigenvalue weighted by Gasteiger charge is 2.23. The number of carbonyl (C=O) groups excluding carboxylic acids is 1. The zero-order valence-corrected chi connectivity index (χ0v) is 20.0. The van der Waals surface area contributed by atoms with Crippen molar-refractivity contribution >= 4 is 43.8 Å². The Bertz CT molecular complexity index is 1680. The second kappa shape index (κ2) is 8.80. The lowest BCUT2D eigenvalue weighted by Crippen LogP contribution is -2.38. The van der Waals surface area contributed by atoms with Gasteiger partial charge in [-0.05, 0) is 24.3 Å². The number of imidazole rings is 1. The third-order valence-electron chi connectivity index (χ3n) is 5.68. The summed E-state index contributed by atoms with van der Waals surface area (Å²) in [5.41, 5.74) is 0.785. The molecule has 0 spiro atoms. The third kappa shape index (κ3) is 3.97. The molecule has 0 fully saturated rings. The number of methoxy groups -OCH3 is 1. The molecule has 11 nitrogen and oxygen atoms in total. The van der Waals surface area contributed by atoms with Gasteiger partial charge in [0.1, 0.15) is 12.3 Å². The fraction of sp³-hybridized carbons (Fsp3) is 0.217. The standard InChI is InChI=1S/C23H21N7O4S/c1-27-20-19(21(32)28(2)23(27)33)29(13-25-20)12-18(31)30(11-14-6-4-5-9-24-14)22-26-16-10-15(34-3)7-8-17(16)35-22/h4-10,13H,11-12H2,1-3H3. The number of aryl methyl sites for hydroxylation is 1. The van der Waals surface area contributed by atoms with E-state index in [4.69, 9.17) is 4.74 Å². The van der Waals surface area contributed by atoms with Gasteiger partial charge >= 0.3 is 5.69 Å². The Morgan fingerprint density at radius 3 is 2.69 bits per heavy atom. The van der Waals surface area contributed by atoms with E-state index in [0.29, 0.717) is 22.1 Å². The van der Waals surface area contributed by atoms with Gasteiger partial charge < -0.3 is 9.30 Å². The minimum Gasteiger partial charge on any atom is -0.497 e. The smallest absolute Gasteiger partial charge is 0.332 e. The van der Waals surface area contributed by atoms with Crippen molar-refractivity contribution in [1.29, 1.82) is 0 Å². The average molecular weight is 492 g/mol. The maximum absolute atomic E-state index is 13.6. The van der Waals surface area contributed by atoms with E-state index in [0.717, 1.165) is 9.27 Å². The summed E-state index contributed by atoms with van der Waals surface area (Å²) in [6.45, 7) is 0.0236. The molecule has 12 heteroatoms. The molecule has 5 aromatic rings. The van der Waals surface area contributed by atoms with Crippen molar-refractivity contribution < 1.29 is 9.53 Å². The summed E-state index contributed by atoms with van der Waals surface area (Å²) in [6, 6.07) is 11.0. The first-order chi connectivity index (χ1) is 16.9. The number of hydrogen-bond donors (Lipinski definition) is 0. The molecule has 0 aliphatic carbocycles. The Labute approximate surface area is 202 Å². The maximum atomic E-state index is 13.6. The van der Waals surface area contributed by atoms with Crippen LogP contribution >= 0.6 is 11.3 Å². The van der Waals surface area contributed by atoms with Crippen LogP contribution in [-0.4, -0.2) is 41.7 Å². The van der Waals surface area contributed by atoms with Crippen molar-refractivity contribution in [3.63, 3.8) is 0 Å². The highest BCUT2D eigenvalue weighted by Crippen LogP contribution is 2.32. The van der Waals surface area contributed by atoms with Gasteiger partial charge in [-0.3, -0.25) is 28.6 Å². The Hall–Kier alpha value is -4.32. The number of carbonyl (C=O) groups is 1. The molecule has 1 aromatic carbocycles. The highest BCUT2D eigenvalue weighted by molar-refractivity contribution is 7.22. The second-order valence-corrected chi connectivity index (χ2v) is 8.89. The number of hydrogen-bond acceptors (Lipinski definition) is 8. The third-order valence-corrected chi connectivity index (χ3v) is 6.74. The van der Waals surface area contributed by atoms with Crippen molar-refractivity contribution in [2.24, 2.45) is 14.1 Å². The number of thiazole rings is 1. The van der Waals surface area contributed by atoms with E-state index in [9.17, 15) is 14.4 Å². The van der Waals surface area contributed by atoms with Crippen LogP contribution in [0.5, 0.6) is 5.75 Å². The molecule has 178 valence electrons. The van der Waals surface area contributed by atoms with Crippen molar-refractivity contribution in [1.82, 2.24) is 28.7 Å². The molecule has 0 aliphatic rings. The lowest BCUT2D eigenvalue weighted by Gasteiger charge is -2.20. The monoisotopic (exact) mass is 491 g/mol. The Morgan fingerprint density at radius 2 is 1.94 bits per heavy atom. The van der Waals surface area contributed by atoms with Crippen LogP contribution in [0, 0.1) is 0 Å². The van der Waals surface area contributed by atoms with Gasteiger partial charge in [-0.15, -0.1) is 0 Å².